The van der Waals surface area contributed by atoms with Gasteiger partial charge in [-0.2, -0.15) is 0 Å². The molecule has 0 atom stereocenters. The molecule has 11 aromatic rings. The molecule has 4 heterocycles. The maximum atomic E-state index is 7.08. The van der Waals surface area contributed by atoms with Crippen LogP contribution in [0.15, 0.2) is 168 Å². The fourth-order valence-electron chi connectivity index (χ4n) is 21.0. The third-order valence-corrected chi connectivity index (χ3v) is 23.4. The van der Waals surface area contributed by atoms with E-state index in [4.69, 9.17) is 4.42 Å². The molecule has 0 N–H and O–H groups in total. The second-order valence-corrected chi connectivity index (χ2v) is 28.1. The van der Waals surface area contributed by atoms with Crippen molar-refractivity contribution in [1.82, 2.24) is 4.57 Å². The van der Waals surface area contributed by atoms with E-state index in [1.165, 1.54) is 193 Å². The molecule has 3 nitrogen and oxygen atoms in total. The third kappa shape index (κ3) is 5.62. The average Bonchev–Trinajstić information content (AvgIpc) is 2.36. The van der Waals surface area contributed by atoms with Gasteiger partial charge in [-0.05, 0) is 256 Å². The fraction of sp³-hybridized carbons (Fsp3) is 0.307. The van der Waals surface area contributed by atoms with Crippen molar-refractivity contribution in [1.29, 1.82) is 0 Å². The summed E-state index contributed by atoms with van der Waals surface area (Å²) in [4.78, 5) is 2.82. The van der Waals surface area contributed by atoms with E-state index in [0.29, 0.717) is 5.41 Å². The lowest BCUT2D eigenvalue weighted by molar-refractivity contribution is -0.00526. The van der Waals surface area contributed by atoms with Crippen LogP contribution in [0.4, 0.5) is 11.4 Å². The van der Waals surface area contributed by atoms with Crippen molar-refractivity contribution in [2.24, 2.45) is 35.5 Å². The van der Waals surface area contributed by atoms with Gasteiger partial charge in [-0.25, -0.2) is 0 Å². The van der Waals surface area contributed by atoms with Crippen molar-refractivity contribution < 1.29 is 4.42 Å². The minimum absolute atomic E-state index is 0.0860. The highest BCUT2D eigenvalue weighted by molar-refractivity contribution is 6.93. The molecule has 11 aliphatic rings. The summed E-state index contributed by atoms with van der Waals surface area (Å²) in [6.07, 6.45) is 16.9. The molecule has 0 unspecified atom stereocenters. The standard InChI is InChI=1S/C75H63BN2O/c1-73(2)63-15-9-8-14-55(63)60-33-61-57-35-68-59(58-28-50-12-6-7-13-51(50)29-67(58)79-68)34-66(57)78(54-19-16-49(17-20-54)48-10-4-3-5-11-48)76-64-32-53(75-39-45-25-46(40-75)27-47(26-45)41-75)31-62-56-30-52(74-36-42-22-43(37-74)24-44(23-42)38-74)18-21-65(56)77(71(62)64)72(69(60)73)70(61)76/h3-21,28-35,42-47H,22-27,36-41H2,1-2H3. The van der Waals surface area contributed by atoms with Gasteiger partial charge in [-0.1, -0.05) is 117 Å². The first-order chi connectivity index (χ1) is 38.7. The topological polar surface area (TPSA) is 21.3 Å². The average molecular weight is 1020 g/mol. The van der Waals surface area contributed by atoms with Gasteiger partial charge in [0.15, 0.2) is 0 Å². The molecule has 8 bridgehead atoms. The largest absolute Gasteiger partial charge is 0.456 e. The Morgan fingerprint density at radius 1 is 0.468 bits per heavy atom. The van der Waals surface area contributed by atoms with Crippen LogP contribution in [0.3, 0.4) is 0 Å². The Labute approximate surface area is 462 Å². The van der Waals surface area contributed by atoms with E-state index >= 15 is 0 Å². The van der Waals surface area contributed by atoms with Gasteiger partial charge >= 0.3 is 6.85 Å². The second kappa shape index (κ2) is 14.7. The van der Waals surface area contributed by atoms with Crippen molar-refractivity contribution in [2.45, 2.75) is 107 Å². The van der Waals surface area contributed by atoms with Gasteiger partial charge in [-0.3, -0.25) is 0 Å². The van der Waals surface area contributed by atoms with Crippen molar-refractivity contribution >= 4 is 83.7 Å². The third-order valence-electron chi connectivity index (χ3n) is 23.4. The van der Waals surface area contributed by atoms with Gasteiger partial charge in [-0.15, -0.1) is 0 Å². The van der Waals surface area contributed by atoms with Crippen LogP contribution in [0.2, 0.25) is 0 Å². The van der Waals surface area contributed by atoms with Crippen LogP contribution in [0.5, 0.6) is 0 Å². The summed E-state index contributed by atoms with van der Waals surface area (Å²) in [6, 6.07) is 64.8. The molecule has 2 aliphatic heterocycles. The van der Waals surface area contributed by atoms with Crippen LogP contribution in [-0.4, -0.2) is 11.4 Å². The van der Waals surface area contributed by atoms with Crippen LogP contribution < -0.4 is 15.7 Å². The van der Waals surface area contributed by atoms with Crippen LogP contribution in [0.25, 0.3) is 93.6 Å². The first-order valence-corrected chi connectivity index (χ1v) is 30.5. The lowest BCUT2D eigenvalue weighted by Gasteiger charge is -2.57. The number of nitrogens with zero attached hydrogens (tertiary/aromatic N) is 2. The van der Waals surface area contributed by atoms with Crippen LogP contribution in [0.1, 0.15) is 113 Å². The number of aromatic nitrogens is 1. The van der Waals surface area contributed by atoms with Gasteiger partial charge in [0.1, 0.15) is 11.2 Å². The van der Waals surface area contributed by atoms with E-state index in [1.807, 2.05) is 0 Å². The van der Waals surface area contributed by atoms with E-state index in [9.17, 15) is 0 Å². The maximum Gasteiger partial charge on any atom is 0.333 e. The fourth-order valence-corrected chi connectivity index (χ4v) is 21.0. The molecule has 9 aromatic carbocycles. The van der Waals surface area contributed by atoms with Gasteiger partial charge < -0.3 is 13.8 Å². The molecule has 0 spiro atoms. The highest BCUT2D eigenvalue weighted by Crippen LogP contribution is 2.64. The molecule has 8 saturated carbocycles. The van der Waals surface area contributed by atoms with E-state index in [2.05, 4.69) is 187 Å². The Morgan fingerprint density at radius 2 is 1.06 bits per heavy atom. The Morgan fingerprint density at radius 3 is 1.77 bits per heavy atom. The van der Waals surface area contributed by atoms with Gasteiger partial charge in [0, 0.05) is 49.6 Å². The molecular formula is C75H63BN2O. The lowest BCUT2D eigenvalue weighted by Crippen LogP contribution is -2.61. The maximum absolute atomic E-state index is 7.08. The molecule has 22 rings (SSSR count). The number of hydrogen-bond donors (Lipinski definition) is 0. The van der Waals surface area contributed by atoms with Crippen molar-refractivity contribution in [3.8, 4) is 39.1 Å². The summed E-state index contributed by atoms with van der Waals surface area (Å²) < 4.78 is 9.95. The highest BCUT2D eigenvalue weighted by Gasteiger charge is 2.55. The molecular weight excluding hydrogens is 956 g/mol. The first-order valence-electron chi connectivity index (χ1n) is 30.5. The highest BCUT2D eigenvalue weighted by atomic mass is 16.3. The van der Waals surface area contributed by atoms with Crippen molar-refractivity contribution in [2.75, 3.05) is 4.81 Å². The summed E-state index contributed by atoms with van der Waals surface area (Å²) in [5.74, 6) is 5.25. The van der Waals surface area contributed by atoms with Crippen LogP contribution in [-0.2, 0) is 16.2 Å². The Balaban J connectivity index is 0.933. The smallest absolute Gasteiger partial charge is 0.333 e. The number of furan rings is 1. The summed E-state index contributed by atoms with van der Waals surface area (Å²) in [5.41, 5.74) is 25.8. The van der Waals surface area contributed by atoms with Crippen LogP contribution in [0, 0.1) is 35.5 Å². The van der Waals surface area contributed by atoms with Crippen molar-refractivity contribution in [3.63, 3.8) is 0 Å². The van der Waals surface area contributed by atoms with Gasteiger partial charge in [0.05, 0.1) is 11.0 Å². The summed E-state index contributed by atoms with van der Waals surface area (Å²) in [7, 11) is 0. The van der Waals surface area contributed by atoms with Gasteiger partial charge in [0.25, 0.3) is 0 Å². The summed E-state index contributed by atoms with van der Waals surface area (Å²) >= 11 is 0. The molecule has 79 heavy (non-hydrogen) atoms. The molecule has 382 valence electrons. The molecule has 2 aromatic heterocycles. The zero-order valence-electron chi connectivity index (χ0n) is 45.4. The molecule has 0 amide bonds. The number of benzene rings is 9. The normalized spacial score (nSPS) is 27.7. The van der Waals surface area contributed by atoms with E-state index in [1.54, 1.807) is 11.1 Å². The Bertz CT molecular complexity index is 4480. The zero-order chi connectivity index (χ0) is 51.4. The van der Waals surface area contributed by atoms with E-state index in [-0.39, 0.29) is 17.7 Å². The van der Waals surface area contributed by atoms with Gasteiger partial charge in [0.2, 0.25) is 0 Å². The quantitative estimate of drug-likeness (QED) is 0.164. The molecule has 0 radical (unpaired) electrons. The summed E-state index contributed by atoms with van der Waals surface area (Å²) in [5, 5.41) is 7.79. The molecule has 8 fully saturated rings. The molecule has 0 saturated heterocycles. The first kappa shape index (κ1) is 43.6. The second-order valence-electron chi connectivity index (χ2n) is 28.1. The zero-order valence-corrected chi connectivity index (χ0v) is 45.4. The minimum Gasteiger partial charge on any atom is -0.456 e. The number of fused-ring (bicyclic) bond motifs is 15. The Hall–Kier alpha value is -7.30. The number of hydrogen-bond acceptors (Lipinski definition) is 2. The predicted octanol–water partition coefficient (Wildman–Crippen LogP) is 18.0. The molecule has 9 aliphatic carbocycles. The monoisotopic (exact) mass is 1020 g/mol. The van der Waals surface area contributed by atoms with E-state index < -0.39 is 0 Å². The predicted molar refractivity (Wildman–Crippen MR) is 327 cm³/mol. The SMILES string of the molecule is CC1(C)c2ccccc2-c2cc3c4c(c21)-n1c2ccc(C56CC7CC(CC(C7)C5)C6)cc2c2cc(C56CC7CC(CC(C7)C5)C6)cc(c21)B4N(c1ccc(-c2ccccc2)cc1)c1cc2c(cc1-3)oc1cc3ccccc3cc12. The van der Waals surface area contributed by atoms with Crippen LogP contribution >= 0.6 is 0 Å². The van der Waals surface area contributed by atoms with E-state index in [0.717, 1.165) is 46.7 Å². The van der Waals surface area contributed by atoms with Crippen molar-refractivity contribution in [3.05, 3.63) is 186 Å². The number of rotatable bonds is 4. The summed E-state index contributed by atoms with van der Waals surface area (Å²) in [6.45, 7) is 4.96. The lowest BCUT2D eigenvalue weighted by atomic mass is 9.42. The Kier molecular flexibility index (Phi) is 8.13. The number of anilines is 2. The molecule has 4 heteroatoms. The minimum atomic E-state index is -0.243.